The van der Waals surface area contributed by atoms with Crippen molar-refractivity contribution in [3.8, 4) is 30.1 Å². The highest BCUT2D eigenvalue weighted by Gasteiger charge is 2.23. The summed E-state index contributed by atoms with van der Waals surface area (Å²) in [6.45, 7) is 16.9. The molecule has 0 saturated carbocycles. The van der Waals surface area contributed by atoms with Crippen LogP contribution in [0.15, 0.2) is 171 Å². The SMILES string of the molecule is C#C.CC=C=C/C(=C\C)Sc1ccc(Oc2ccc(C(C)(C)c3ccc(O)cc3)cc2)cc1.C\C=C/C(=C\C=C\C)Sc1ccc(C(C)C)cc1. The number of phenolic OH excluding ortho intramolecular Hbond substituents is 1. The molecule has 0 amide bonds. The van der Waals surface area contributed by atoms with Crippen LogP contribution in [0, 0.1) is 12.8 Å². The molecule has 264 valence electrons. The van der Waals surface area contributed by atoms with E-state index in [-0.39, 0.29) is 11.2 Å². The zero-order valence-corrected chi connectivity index (χ0v) is 32.9. The highest BCUT2D eigenvalue weighted by Crippen LogP contribution is 2.35. The first-order valence-corrected chi connectivity index (χ1v) is 18.7. The second kappa shape index (κ2) is 22.8. The minimum atomic E-state index is -0.170. The van der Waals surface area contributed by atoms with E-state index in [9.17, 15) is 5.11 Å². The van der Waals surface area contributed by atoms with Crippen molar-refractivity contribution in [1.82, 2.24) is 0 Å². The van der Waals surface area contributed by atoms with Crippen molar-refractivity contribution in [2.24, 2.45) is 0 Å². The summed E-state index contributed by atoms with van der Waals surface area (Å²) < 4.78 is 6.04. The first kappa shape index (κ1) is 42.4. The molecule has 51 heavy (non-hydrogen) atoms. The van der Waals surface area contributed by atoms with Crippen molar-refractivity contribution in [1.29, 1.82) is 0 Å². The average Bonchev–Trinajstić information content (AvgIpc) is 3.15. The largest absolute Gasteiger partial charge is 0.508 e. The number of phenols is 1. The Morgan fingerprint density at radius 2 is 1.20 bits per heavy atom. The normalized spacial score (nSPS) is 11.7. The molecule has 0 fully saturated rings. The maximum absolute atomic E-state index is 9.55. The van der Waals surface area contributed by atoms with Crippen molar-refractivity contribution >= 4 is 23.5 Å². The number of rotatable bonds is 12. The number of thioether (sulfide) groups is 2. The van der Waals surface area contributed by atoms with Gasteiger partial charge in [0.2, 0.25) is 0 Å². The van der Waals surface area contributed by atoms with E-state index in [4.69, 9.17) is 4.74 Å². The predicted molar refractivity (Wildman–Crippen MR) is 225 cm³/mol. The minimum absolute atomic E-state index is 0.170. The van der Waals surface area contributed by atoms with Gasteiger partial charge in [-0.15, -0.1) is 18.6 Å². The van der Waals surface area contributed by atoms with Gasteiger partial charge in [0.1, 0.15) is 17.2 Å². The Labute approximate surface area is 316 Å². The number of terminal acetylenes is 1. The fourth-order valence-corrected chi connectivity index (χ4v) is 6.39. The quantitative estimate of drug-likeness (QED) is 0.0685. The number of benzene rings is 4. The van der Waals surface area contributed by atoms with Gasteiger partial charge in [0, 0.05) is 25.0 Å². The Morgan fingerprint density at radius 1 is 0.706 bits per heavy atom. The Hall–Kier alpha value is -4.78. The number of aromatic hydroxyl groups is 1. The van der Waals surface area contributed by atoms with Crippen LogP contribution in [0.3, 0.4) is 0 Å². The van der Waals surface area contributed by atoms with Gasteiger partial charge >= 0.3 is 0 Å². The zero-order chi connectivity index (χ0) is 37.6. The van der Waals surface area contributed by atoms with E-state index < -0.39 is 0 Å². The Morgan fingerprint density at radius 3 is 1.67 bits per heavy atom. The van der Waals surface area contributed by atoms with Gasteiger partial charge in [-0.05, 0) is 129 Å². The van der Waals surface area contributed by atoms with Crippen LogP contribution in [0.1, 0.15) is 78.0 Å². The molecule has 0 saturated heterocycles. The monoisotopic (exact) mass is 712 g/mol. The van der Waals surface area contributed by atoms with E-state index in [0.29, 0.717) is 5.92 Å². The van der Waals surface area contributed by atoms with Crippen molar-refractivity contribution in [2.45, 2.75) is 76.5 Å². The van der Waals surface area contributed by atoms with Gasteiger partial charge in [-0.2, -0.15) is 0 Å². The average molecular weight is 713 g/mol. The van der Waals surface area contributed by atoms with Crippen LogP contribution in [-0.4, -0.2) is 5.11 Å². The van der Waals surface area contributed by atoms with Crippen LogP contribution >= 0.6 is 23.5 Å². The Balaban J connectivity index is 0.000000384. The first-order chi connectivity index (χ1) is 24.6. The van der Waals surface area contributed by atoms with Crippen LogP contribution < -0.4 is 4.74 Å². The molecule has 0 unspecified atom stereocenters. The molecule has 2 nitrogen and oxygen atoms in total. The Kier molecular flexibility index (Phi) is 19.0. The number of hydrogen-bond donors (Lipinski definition) is 1. The van der Waals surface area contributed by atoms with Crippen LogP contribution in [0.5, 0.6) is 17.2 Å². The molecule has 0 aliphatic heterocycles. The second-order valence-electron chi connectivity index (χ2n) is 12.1. The zero-order valence-electron chi connectivity index (χ0n) is 31.3. The van der Waals surface area contributed by atoms with Crippen LogP contribution in [0.25, 0.3) is 0 Å². The summed E-state index contributed by atoms with van der Waals surface area (Å²) in [5, 5.41) is 9.55. The molecule has 4 heteroatoms. The molecule has 0 bridgehead atoms. The smallest absolute Gasteiger partial charge is 0.127 e. The maximum Gasteiger partial charge on any atom is 0.127 e. The fraction of sp³-hybridized carbons (Fsp3) is 0.213. The molecule has 0 aromatic heterocycles. The Bertz CT molecular complexity index is 1810. The van der Waals surface area contributed by atoms with Crippen molar-refractivity contribution in [2.75, 3.05) is 0 Å². The molecular weight excluding hydrogens is 661 g/mol. The first-order valence-electron chi connectivity index (χ1n) is 17.1. The number of hydrogen-bond acceptors (Lipinski definition) is 4. The standard InChI is InChI=1S/C28H28O2S.C17H22S.C2H2/c1-5-7-8-26(6-2)31-27-19-17-25(18-20-27)30-24-15-11-22(12-16-24)28(3,4)21-9-13-23(29)14-10-21;1-5-7-9-16(8-6-2)18-17-12-10-15(11-13-17)14(3)4;1-2/h5-6,8-20,29H,1-4H3;5-14H,1-4H3;1-2H/b26-6+;7-5+,8-6-,16-9+;. The molecule has 0 atom stereocenters. The molecule has 4 aromatic rings. The van der Waals surface area contributed by atoms with E-state index in [1.165, 1.54) is 20.9 Å². The molecule has 0 aliphatic carbocycles. The second-order valence-corrected chi connectivity index (χ2v) is 14.4. The number of allylic oxidation sites excluding steroid dienone is 7. The minimum Gasteiger partial charge on any atom is -0.508 e. The predicted octanol–water partition coefficient (Wildman–Crippen LogP) is 14.4. The lowest BCUT2D eigenvalue weighted by Gasteiger charge is -2.26. The summed E-state index contributed by atoms with van der Waals surface area (Å²) in [4.78, 5) is 4.85. The van der Waals surface area contributed by atoms with Gasteiger partial charge in [0.15, 0.2) is 0 Å². The van der Waals surface area contributed by atoms with E-state index in [1.54, 1.807) is 35.7 Å². The third kappa shape index (κ3) is 14.5. The summed E-state index contributed by atoms with van der Waals surface area (Å²) in [6, 6.07) is 32.5. The van der Waals surface area contributed by atoms with Gasteiger partial charge < -0.3 is 9.84 Å². The molecule has 4 aromatic carbocycles. The van der Waals surface area contributed by atoms with Crippen molar-refractivity contribution in [3.05, 3.63) is 178 Å². The highest BCUT2D eigenvalue weighted by molar-refractivity contribution is 8.03. The van der Waals surface area contributed by atoms with Crippen LogP contribution in [-0.2, 0) is 5.41 Å². The summed E-state index contributed by atoms with van der Waals surface area (Å²) >= 11 is 3.50. The molecule has 0 heterocycles. The van der Waals surface area contributed by atoms with E-state index in [1.807, 2.05) is 82.3 Å². The molecule has 0 radical (unpaired) electrons. The fourth-order valence-electron chi connectivity index (χ4n) is 4.71. The summed E-state index contributed by atoms with van der Waals surface area (Å²) in [6.07, 6.45) is 24.4. The van der Waals surface area contributed by atoms with Gasteiger partial charge in [0.25, 0.3) is 0 Å². The van der Waals surface area contributed by atoms with Gasteiger partial charge in [-0.1, -0.05) is 118 Å². The molecule has 4 rings (SSSR count). The van der Waals surface area contributed by atoms with Crippen LogP contribution in [0.4, 0.5) is 0 Å². The van der Waals surface area contributed by atoms with Crippen molar-refractivity contribution < 1.29 is 9.84 Å². The third-order valence-electron chi connectivity index (χ3n) is 7.70. The summed E-state index contributed by atoms with van der Waals surface area (Å²) in [5.41, 5.74) is 6.68. The lowest BCUT2D eigenvalue weighted by atomic mass is 9.78. The lowest BCUT2D eigenvalue weighted by Crippen LogP contribution is -2.18. The van der Waals surface area contributed by atoms with E-state index in [2.05, 4.69) is 125 Å². The van der Waals surface area contributed by atoms with E-state index >= 15 is 0 Å². The summed E-state index contributed by atoms with van der Waals surface area (Å²) in [7, 11) is 0. The maximum atomic E-state index is 9.55. The molecule has 0 spiro atoms. The molecular formula is C47H52O2S2. The van der Waals surface area contributed by atoms with Gasteiger partial charge in [-0.3, -0.25) is 0 Å². The van der Waals surface area contributed by atoms with Gasteiger partial charge in [-0.25, -0.2) is 0 Å². The topological polar surface area (TPSA) is 29.5 Å². The van der Waals surface area contributed by atoms with Gasteiger partial charge in [0.05, 0.1) is 0 Å². The van der Waals surface area contributed by atoms with E-state index in [0.717, 1.165) is 26.9 Å². The lowest BCUT2D eigenvalue weighted by molar-refractivity contribution is 0.474. The third-order valence-corrected chi connectivity index (χ3v) is 9.82. The summed E-state index contributed by atoms with van der Waals surface area (Å²) in [5.74, 6) is 2.48. The number of ether oxygens (including phenoxy) is 1. The van der Waals surface area contributed by atoms with Crippen LogP contribution in [0.2, 0.25) is 0 Å². The van der Waals surface area contributed by atoms with Crippen molar-refractivity contribution in [3.63, 3.8) is 0 Å². The molecule has 1 N–H and O–H groups in total. The molecule has 0 aliphatic rings. The highest BCUT2D eigenvalue weighted by atomic mass is 32.2.